The smallest absolute Gasteiger partial charge is 0.214 e. The van der Waals surface area contributed by atoms with Gasteiger partial charge in [-0.2, -0.15) is 4.31 Å². The van der Waals surface area contributed by atoms with E-state index in [9.17, 15) is 8.42 Å². The number of nitrogens with two attached hydrogens (primary N) is 1. The molecule has 0 spiro atoms. The van der Waals surface area contributed by atoms with E-state index in [1.165, 1.54) is 19.3 Å². The summed E-state index contributed by atoms with van der Waals surface area (Å²) >= 11 is 0. The van der Waals surface area contributed by atoms with Crippen molar-refractivity contribution in [3.8, 4) is 0 Å². The lowest BCUT2D eigenvalue weighted by Gasteiger charge is -2.36. The molecular weight excluding hydrogens is 248 g/mol. The third-order valence-electron chi connectivity index (χ3n) is 4.38. The van der Waals surface area contributed by atoms with Gasteiger partial charge in [-0.05, 0) is 38.5 Å². The van der Waals surface area contributed by atoms with Crippen LogP contribution in [-0.4, -0.2) is 37.1 Å². The molecule has 5 heteroatoms. The van der Waals surface area contributed by atoms with Gasteiger partial charge in [0.05, 0.1) is 5.75 Å². The highest BCUT2D eigenvalue weighted by molar-refractivity contribution is 7.89. The summed E-state index contributed by atoms with van der Waals surface area (Å²) in [6, 6.07) is 0.239. The summed E-state index contributed by atoms with van der Waals surface area (Å²) in [6.45, 7) is 2.59. The maximum atomic E-state index is 12.5. The van der Waals surface area contributed by atoms with E-state index in [1.54, 1.807) is 4.31 Å². The molecule has 2 fully saturated rings. The molecule has 106 valence electrons. The largest absolute Gasteiger partial charge is 0.328 e. The first-order chi connectivity index (χ1) is 8.49. The molecule has 0 bridgehead atoms. The van der Waals surface area contributed by atoms with E-state index in [1.807, 2.05) is 6.92 Å². The van der Waals surface area contributed by atoms with Crippen LogP contribution in [0.25, 0.3) is 0 Å². The predicted octanol–water partition coefficient (Wildman–Crippen LogP) is 1.71. The average Bonchev–Trinajstić information content (AvgIpc) is 2.29. The molecule has 2 aliphatic rings. The molecule has 2 rings (SSSR count). The third kappa shape index (κ3) is 3.45. The molecule has 1 heterocycles. The van der Waals surface area contributed by atoms with Crippen molar-refractivity contribution >= 4 is 10.0 Å². The first-order valence-corrected chi connectivity index (χ1v) is 8.85. The van der Waals surface area contributed by atoms with E-state index in [4.69, 9.17) is 5.73 Å². The fraction of sp³-hybridized carbons (Fsp3) is 1.00. The summed E-state index contributed by atoms with van der Waals surface area (Å²) in [4.78, 5) is 0. The molecular formula is C13H26N2O2S. The molecule has 1 saturated carbocycles. The van der Waals surface area contributed by atoms with Crippen LogP contribution in [0, 0.1) is 5.92 Å². The Morgan fingerprint density at radius 1 is 1.17 bits per heavy atom. The summed E-state index contributed by atoms with van der Waals surface area (Å²) in [5.41, 5.74) is 5.89. The second-order valence-electron chi connectivity index (χ2n) is 6.03. The lowest BCUT2D eigenvalue weighted by Crippen LogP contribution is -2.49. The number of hydrogen-bond donors (Lipinski definition) is 1. The Balaban J connectivity index is 1.97. The first kappa shape index (κ1) is 14.3. The van der Waals surface area contributed by atoms with Gasteiger partial charge >= 0.3 is 0 Å². The van der Waals surface area contributed by atoms with Crippen molar-refractivity contribution in [2.24, 2.45) is 11.7 Å². The van der Waals surface area contributed by atoms with Gasteiger partial charge in [-0.15, -0.1) is 0 Å². The third-order valence-corrected chi connectivity index (χ3v) is 6.53. The molecule has 2 unspecified atom stereocenters. The predicted molar refractivity (Wildman–Crippen MR) is 73.7 cm³/mol. The van der Waals surface area contributed by atoms with E-state index in [0.29, 0.717) is 18.2 Å². The fourth-order valence-corrected chi connectivity index (χ4v) is 5.49. The van der Waals surface area contributed by atoms with Crippen molar-refractivity contribution in [1.29, 1.82) is 0 Å². The van der Waals surface area contributed by atoms with Gasteiger partial charge in [-0.1, -0.05) is 19.3 Å². The van der Waals surface area contributed by atoms with Crippen molar-refractivity contribution in [2.75, 3.05) is 12.3 Å². The zero-order chi connectivity index (χ0) is 13.2. The topological polar surface area (TPSA) is 63.4 Å². The molecule has 2 N–H and O–H groups in total. The van der Waals surface area contributed by atoms with E-state index in [2.05, 4.69) is 0 Å². The summed E-state index contributed by atoms with van der Waals surface area (Å²) < 4.78 is 26.6. The molecule has 18 heavy (non-hydrogen) atoms. The molecule has 1 aliphatic carbocycles. The molecule has 0 radical (unpaired) electrons. The Hall–Kier alpha value is -0.130. The van der Waals surface area contributed by atoms with Crippen molar-refractivity contribution in [2.45, 2.75) is 64.0 Å². The molecule has 2 atom stereocenters. The Labute approximate surface area is 111 Å². The summed E-state index contributed by atoms with van der Waals surface area (Å²) in [6.07, 6.45) is 7.42. The first-order valence-electron chi connectivity index (χ1n) is 7.24. The van der Waals surface area contributed by atoms with E-state index in [-0.39, 0.29) is 12.1 Å². The fourth-order valence-electron chi connectivity index (χ4n) is 3.35. The summed E-state index contributed by atoms with van der Waals surface area (Å²) in [7, 11) is -3.08. The van der Waals surface area contributed by atoms with Crippen LogP contribution in [0.1, 0.15) is 51.9 Å². The lowest BCUT2D eigenvalue weighted by molar-refractivity contribution is 0.244. The van der Waals surface area contributed by atoms with Crippen molar-refractivity contribution in [1.82, 2.24) is 4.31 Å². The highest BCUT2D eigenvalue weighted by Gasteiger charge is 2.33. The van der Waals surface area contributed by atoms with Gasteiger partial charge in [-0.25, -0.2) is 8.42 Å². The zero-order valence-corrected chi connectivity index (χ0v) is 12.2. The van der Waals surface area contributed by atoms with Crippen molar-refractivity contribution in [3.05, 3.63) is 0 Å². The van der Waals surface area contributed by atoms with Gasteiger partial charge in [0.2, 0.25) is 10.0 Å². The van der Waals surface area contributed by atoms with Crippen LogP contribution in [0.2, 0.25) is 0 Å². The van der Waals surface area contributed by atoms with Gasteiger partial charge in [0.15, 0.2) is 0 Å². The number of rotatable bonds is 3. The molecule has 0 amide bonds. The molecule has 1 aliphatic heterocycles. The van der Waals surface area contributed by atoms with Gasteiger partial charge in [0.25, 0.3) is 0 Å². The van der Waals surface area contributed by atoms with Crippen LogP contribution in [0.4, 0.5) is 0 Å². The normalized spacial score (nSPS) is 32.6. The van der Waals surface area contributed by atoms with Crippen LogP contribution in [0.3, 0.4) is 0 Å². The number of nitrogens with zero attached hydrogens (tertiary/aromatic N) is 1. The number of sulfonamides is 1. The Morgan fingerprint density at radius 2 is 1.83 bits per heavy atom. The Kier molecular flexibility index (Phi) is 4.67. The second kappa shape index (κ2) is 5.88. The number of hydrogen-bond acceptors (Lipinski definition) is 3. The molecule has 0 aromatic rings. The Bertz CT molecular complexity index is 363. The van der Waals surface area contributed by atoms with Crippen LogP contribution in [0.15, 0.2) is 0 Å². The van der Waals surface area contributed by atoms with Crippen molar-refractivity contribution < 1.29 is 8.42 Å². The zero-order valence-electron chi connectivity index (χ0n) is 11.3. The van der Waals surface area contributed by atoms with E-state index >= 15 is 0 Å². The van der Waals surface area contributed by atoms with Crippen LogP contribution in [0.5, 0.6) is 0 Å². The van der Waals surface area contributed by atoms with Crippen molar-refractivity contribution in [3.63, 3.8) is 0 Å². The van der Waals surface area contributed by atoms with Gasteiger partial charge in [0, 0.05) is 18.6 Å². The maximum Gasteiger partial charge on any atom is 0.214 e. The minimum absolute atomic E-state index is 0.0716. The second-order valence-corrected chi connectivity index (χ2v) is 7.99. The van der Waals surface area contributed by atoms with Gasteiger partial charge in [0.1, 0.15) is 0 Å². The molecule has 0 aromatic heterocycles. The van der Waals surface area contributed by atoms with E-state index in [0.717, 1.165) is 25.7 Å². The lowest BCUT2D eigenvalue weighted by atomic mass is 9.91. The van der Waals surface area contributed by atoms with Crippen LogP contribution in [-0.2, 0) is 10.0 Å². The highest BCUT2D eigenvalue weighted by atomic mass is 32.2. The summed E-state index contributed by atoms with van der Waals surface area (Å²) in [5.74, 6) is 0.735. The SMILES string of the molecule is CC1CC(N)CCN1S(=O)(=O)CC1CCCCC1. The number of piperidine rings is 1. The minimum Gasteiger partial charge on any atom is -0.328 e. The maximum absolute atomic E-state index is 12.5. The monoisotopic (exact) mass is 274 g/mol. The highest BCUT2D eigenvalue weighted by Crippen LogP contribution is 2.28. The van der Waals surface area contributed by atoms with E-state index < -0.39 is 10.0 Å². The van der Waals surface area contributed by atoms with Crippen LogP contribution < -0.4 is 5.73 Å². The molecule has 0 aromatic carbocycles. The quantitative estimate of drug-likeness (QED) is 0.852. The van der Waals surface area contributed by atoms with Gasteiger partial charge < -0.3 is 5.73 Å². The molecule has 1 saturated heterocycles. The standard InChI is InChI=1S/C13H26N2O2S/c1-11-9-13(14)7-8-15(11)18(16,17)10-12-5-3-2-4-6-12/h11-13H,2-10,14H2,1H3. The minimum atomic E-state index is -3.08. The summed E-state index contributed by atoms with van der Waals surface area (Å²) in [5, 5.41) is 0. The average molecular weight is 274 g/mol. The van der Waals surface area contributed by atoms with Gasteiger partial charge in [-0.3, -0.25) is 0 Å². The molecule has 4 nitrogen and oxygen atoms in total. The Morgan fingerprint density at radius 3 is 2.44 bits per heavy atom. The van der Waals surface area contributed by atoms with Crippen LogP contribution >= 0.6 is 0 Å².